The molecular formula is C19H29N5OS2. The van der Waals surface area contributed by atoms with Gasteiger partial charge in [-0.05, 0) is 25.3 Å². The smallest absolute Gasteiger partial charge is 0.193 e. The number of nitrogens with one attached hydrogen (secondary N) is 1. The van der Waals surface area contributed by atoms with Gasteiger partial charge in [-0.15, -0.1) is 22.7 Å². The molecular weight excluding hydrogens is 378 g/mol. The Bertz CT molecular complexity index is 730. The van der Waals surface area contributed by atoms with Gasteiger partial charge in [0.25, 0.3) is 0 Å². The molecule has 27 heavy (non-hydrogen) atoms. The molecule has 8 heteroatoms. The standard InChI is InChI=1S/C19H29N5OS2/c1-14-11-24(7-8-25-14)17(18-6-5-9-26-18)10-21-19(20-3)23(4)12-16-13-27-15(2)22-16/h5-6,9,13-14,17H,7-8,10-12H2,1-4H3,(H,20,21). The number of ether oxygens (including phenoxy) is 1. The van der Waals surface area contributed by atoms with Gasteiger partial charge in [0.15, 0.2) is 5.96 Å². The van der Waals surface area contributed by atoms with Crippen molar-refractivity contribution in [2.75, 3.05) is 40.3 Å². The van der Waals surface area contributed by atoms with Crippen LogP contribution in [0, 0.1) is 6.92 Å². The van der Waals surface area contributed by atoms with Crippen molar-refractivity contribution in [3.63, 3.8) is 0 Å². The van der Waals surface area contributed by atoms with Crippen LogP contribution in [-0.2, 0) is 11.3 Å². The lowest BCUT2D eigenvalue weighted by Gasteiger charge is -2.37. The van der Waals surface area contributed by atoms with E-state index in [9.17, 15) is 0 Å². The molecule has 0 bridgehead atoms. The molecule has 0 aliphatic carbocycles. The SMILES string of the molecule is CN=C(NCC(c1cccs1)N1CCOC(C)C1)N(C)Cc1csc(C)n1. The van der Waals surface area contributed by atoms with E-state index in [-0.39, 0.29) is 6.10 Å². The van der Waals surface area contributed by atoms with Crippen LogP contribution in [0.25, 0.3) is 0 Å². The molecule has 1 N–H and O–H groups in total. The van der Waals surface area contributed by atoms with E-state index in [1.807, 2.05) is 25.3 Å². The quantitative estimate of drug-likeness (QED) is 0.589. The summed E-state index contributed by atoms with van der Waals surface area (Å²) < 4.78 is 5.73. The number of hydrogen-bond acceptors (Lipinski definition) is 6. The Morgan fingerprint density at radius 1 is 1.52 bits per heavy atom. The molecule has 0 radical (unpaired) electrons. The van der Waals surface area contributed by atoms with Crippen molar-refractivity contribution < 1.29 is 4.74 Å². The number of guanidine groups is 1. The van der Waals surface area contributed by atoms with Crippen LogP contribution in [0.15, 0.2) is 27.9 Å². The summed E-state index contributed by atoms with van der Waals surface area (Å²) in [5.74, 6) is 0.892. The third-order valence-corrected chi connectivity index (χ3v) is 6.47. The molecule has 1 aliphatic heterocycles. The second kappa shape index (κ2) is 9.64. The van der Waals surface area contributed by atoms with Gasteiger partial charge in [0.2, 0.25) is 0 Å². The Morgan fingerprint density at radius 3 is 3.00 bits per heavy atom. The van der Waals surface area contributed by atoms with Crippen LogP contribution in [0.5, 0.6) is 0 Å². The third kappa shape index (κ3) is 5.51. The molecule has 1 saturated heterocycles. The number of hydrogen-bond donors (Lipinski definition) is 1. The molecule has 2 aromatic heterocycles. The number of aromatic nitrogens is 1. The summed E-state index contributed by atoms with van der Waals surface area (Å²) in [6.45, 7) is 8.46. The van der Waals surface area contributed by atoms with E-state index in [2.05, 4.69) is 62.0 Å². The summed E-state index contributed by atoms with van der Waals surface area (Å²) in [5, 5.41) is 8.93. The highest BCUT2D eigenvalue weighted by Gasteiger charge is 2.26. The summed E-state index contributed by atoms with van der Waals surface area (Å²) in [5.41, 5.74) is 1.08. The molecule has 1 aliphatic rings. The predicted molar refractivity (Wildman–Crippen MR) is 114 cm³/mol. The summed E-state index contributed by atoms with van der Waals surface area (Å²) in [6.07, 6.45) is 0.274. The fraction of sp³-hybridized carbons (Fsp3) is 0.579. The minimum absolute atomic E-state index is 0.274. The highest BCUT2D eigenvalue weighted by Crippen LogP contribution is 2.26. The van der Waals surface area contributed by atoms with Crippen LogP contribution < -0.4 is 5.32 Å². The van der Waals surface area contributed by atoms with Gasteiger partial charge in [0, 0.05) is 44.0 Å². The van der Waals surface area contributed by atoms with E-state index >= 15 is 0 Å². The van der Waals surface area contributed by atoms with E-state index in [1.165, 1.54) is 4.88 Å². The predicted octanol–water partition coefficient (Wildman–Crippen LogP) is 2.98. The van der Waals surface area contributed by atoms with Crippen molar-refractivity contribution >= 4 is 28.6 Å². The van der Waals surface area contributed by atoms with E-state index in [0.29, 0.717) is 6.04 Å². The Labute approximate surface area is 169 Å². The van der Waals surface area contributed by atoms with Gasteiger partial charge in [0.05, 0.1) is 36.0 Å². The maximum Gasteiger partial charge on any atom is 0.193 e. The average molecular weight is 408 g/mol. The first-order valence-electron chi connectivity index (χ1n) is 9.28. The second-order valence-electron chi connectivity index (χ2n) is 6.85. The molecule has 3 heterocycles. The van der Waals surface area contributed by atoms with Gasteiger partial charge in [-0.2, -0.15) is 0 Å². The summed E-state index contributed by atoms with van der Waals surface area (Å²) in [7, 11) is 3.89. The first-order valence-corrected chi connectivity index (χ1v) is 11.0. The van der Waals surface area contributed by atoms with Crippen molar-refractivity contribution in [3.05, 3.63) is 38.5 Å². The Balaban J connectivity index is 1.64. The third-order valence-electron chi connectivity index (χ3n) is 4.68. The van der Waals surface area contributed by atoms with E-state index in [4.69, 9.17) is 4.74 Å². The highest BCUT2D eigenvalue weighted by molar-refractivity contribution is 7.10. The Kier molecular flexibility index (Phi) is 7.23. The van der Waals surface area contributed by atoms with E-state index < -0.39 is 0 Å². The number of aliphatic imine (C=N–C) groups is 1. The lowest BCUT2D eigenvalue weighted by Crippen LogP contribution is -2.48. The molecule has 0 spiro atoms. The largest absolute Gasteiger partial charge is 0.376 e. The van der Waals surface area contributed by atoms with Gasteiger partial charge in [-0.3, -0.25) is 9.89 Å². The van der Waals surface area contributed by atoms with Crippen molar-refractivity contribution in [3.8, 4) is 0 Å². The van der Waals surface area contributed by atoms with Crippen LogP contribution in [0.1, 0.15) is 28.5 Å². The average Bonchev–Trinajstić information content (AvgIpc) is 3.31. The zero-order valence-electron chi connectivity index (χ0n) is 16.5. The molecule has 0 saturated carbocycles. The summed E-state index contributed by atoms with van der Waals surface area (Å²) in [6, 6.07) is 4.67. The van der Waals surface area contributed by atoms with Crippen LogP contribution in [0.3, 0.4) is 0 Å². The zero-order chi connectivity index (χ0) is 19.2. The van der Waals surface area contributed by atoms with Crippen molar-refractivity contribution in [1.82, 2.24) is 20.1 Å². The van der Waals surface area contributed by atoms with Gasteiger partial charge >= 0.3 is 0 Å². The first-order chi connectivity index (χ1) is 13.1. The minimum atomic E-state index is 0.274. The van der Waals surface area contributed by atoms with Gasteiger partial charge in [-0.25, -0.2) is 4.98 Å². The maximum atomic E-state index is 5.73. The van der Waals surface area contributed by atoms with Crippen molar-refractivity contribution in [2.45, 2.75) is 32.5 Å². The van der Waals surface area contributed by atoms with Crippen molar-refractivity contribution in [2.24, 2.45) is 4.99 Å². The molecule has 0 aromatic carbocycles. The van der Waals surface area contributed by atoms with E-state index in [0.717, 1.165) is 49.4 Å². The minimum Gasteiger partial charge on any atom is -0.376 e. The fourth-order valence-electron chi connectivity index (χ4n) is 3.39. The fourth-order valence-corrected chi connectivity index (χ4v) is 4.86. The summed E-state index contributed by atoms with van der Waals surface area (Å²) >= 11 is 3.50. The molecule has 148 valence electrons. The monoisotopic (exact) mass is 407 g/mol. The van der Waals surface area contributed by atoms with Crippen LogP contribution in [0.2, 0.25) is 0 Å². The Morgan fingerprint density at radius 2 is 2.37 bits per heavy atom. The van der Waals surface area contributed by atoms with E-state index in [1.54, 1.807) is 11.3 Å². The molecule has 0 amide bonds. The highest BCUT2D eigenvalue weighted by atomic mass is 32.1. The van der Waals surface area contributed by atoms with Gasteiger partial charge in [0.1, 0.15) is 0 Å². The van der Waals surface area contributed by atoms with Crippen LogP contribution in [0.4, 0.5) is 0 Å². The van der Waals surface area contributed by atoms with Crippen LogP contribution in [-0.4, -0.2) is 67.2 Å². The number of nitrogens with zero attached hydrogens (tertiary/aromatic N) is 4. The van der Waals surface area contributed by atoms with Crippen molar-refractivity contribution in [1.29, 1.82) is 0 Å². The zero-order valence-corrected chi connectivity index (χ0v) is 18.1. The van der Waals surface area contributed by atoms with Gasteiger partial charge < -0.3 is 15.0 Å². The second-order valence-corrected chi connectivity index (χ2v) is 8.89. The normalized spacial score (nSPS) is 19.9. The van der Waals surface area contributed by atoms with Gasteiger partial charge in [-0.1, -0.05) is 6.07 Å². The molecule has 2 atom stereocenters. The summed E-state index contributed by atoms with van der Waals surface area (Å²) in [4.78, 5) is 15.1. The number of aryl methyl sites for hydroxylation is 1. The molecule has 2 aromatic rings. The maximum absolute atomic E-state index is 5.73. The number of rotatable bonds is 6. The molecule has 2 unspecified atom stereocenters. The topological polar surface area (TPSA) is 53.0 Å². The Hall–Kier alpha value is -1.48. The molecule has 6 nitrogen and oxygen atoms in total. The molecule has 1 fully saturated rings. The lowest BCUT2D eigenvalue weighted by molar-refractivity contribution is -0.0334. The van der Waals surface area contributed by atoms with Crippen LogP contribution >= 0.6 is 22.7 Å². The lowest BCUT2D eigenvalue weighted by atomic mass is 10.1. The number of morpholine rings is 1. The number of thiazole rings is 1. The number of thiophene rings is 1. The first kappa shape index (κ1) is 20.3. The molecule has 3 rings (SSSR count).